The number of carbonyl (C=O) groups excluding carboxylic acids is 1. The van der Waals surface area contributed by atoms with Gasteiger partial charge in [0.15, 0.2) is 0 Å². The van der Waals surface area contributed by atoms with Crippen LogP contribution in [-0.2, 0) is 0 Å². The van der Waals surface area contributed by atoms with Gasteiger partial charge in [0, 0.05) is 25.8 Å². The Bertz CT molecular complexity index is 338. The van der Waals surface area contributed by atoms with Crippen molar-refractivity contribution in [2.75, 3.05) is 32.6 Å². The second-order valence-corrected chi connectivity index (χ2v) is 3.37. The summed E-state index contributed by atoms with van der Waals surface area (Å²) < 4.78 is 5.02. The quantitative estimate of drug-likeness (QED) is 0.803. The summed E-state index contributed by atoms with van der Waals surface area (Å²) in [5.74, 6) is 0.758. The van der Waals surface area contributed by atoms with E-state index in [0.29, 0.717) is 13.1 Å². The van der Waals surface area contributed by atoms with Crippen molar-refractivity contribution in [2.45, 2.75) is 0 Å². The van der Waals surface area contributed by atoms with Crippen molar-refractivity contribution in [3.63, 3.8) is 0 Å². The zero-order valence-electron chi connectivity index (χ0n) is 9.56. The second kappa shape index (κ2) is 5.97. The molecule has 0 spiro atoms. The summed E-state index contributed by atoms with van der Waals surface area (Å²) >= 11 is 0. The lowest BCUT2D eigenvalue weighted by Crippen LogP contribution is -2.35. The Hall–Kier alpha value is -1.75. The highest BCUT2D eigenvalue weighted by molar-refractivity contribution is 5.89. The molecule has 0 atom stereocenters. The molecule has 0 fully saturated rings. The van der Waals surface area contributed by atoms with Gasteiger partial charge in [-0.25, -0.2) is 4.79 Å². The highest BCUT2D eigenvalue weighted by Crippen LogP contribution is 2.15. The molecule has 0 bridgehead atoms. The highest BCUT2D eigenvalue weighted by Gasteiger charge is 2.07. The minimum absolute atomic E-state index is 0.171. The van der Waals surface area contributed by atoms with Crippen molar-refractivity contribution in [1.82, 2.24) is 4.90 Å². The van der Waals surface area contributed by atoms with E-state index >= 15 is 0 Å². The van der Waals surface area contributed by atoms with Crippen LogP contribution in [0.1, 0.15) is 0 Å². The van der Waals surface area contributed by atoms with Crippen molar-refractivity contribution >= 4 is 11.7 Å². The van der Waals surface area contributed by atoms with Crippen LogP contribution in [-0.4, -0.2) is 38.2 Å². The molecule has 0 aliphatic carbocycles. The maximum atomic E-state index is 11.6. The molecule has 0 unspecified atom stereocenters. The number of nitrogens with zero attached hydrogens (tertiary/aromatic N) is 1. The van der Waals surface area contributed by atoms with Crippen LogP contribution in [0, 0.1) is 0 Å². The van der Waals surface area contributed by atoms with E-state index < -0.39 is 0 Å². The number of nitrogens with two attached hydrogens (primary N) is 1. The number of benzene rings is 1. The topological polar surface area (TPSA) is 67.6 Å². The first-order valence-corrected chi connectivity index (χ1v) is 5.03. The third-order valence-corrected chi connectivity index (χ3v) is 2.15. The molecule has 0 saturated heterocycles. The first-order chi connectivity index (χ1) is 7.67. The van der Waals surface area contributed by atoms with E-state index in [2.05, 4.69) is 5.32 Å². The summed E-state index contributed by atoms with van der Waals surface area (Å²) in [6.07, 6.45) is 0. The Morgan fingerprint density at radius 2 is 2.06 bits per heavy atom. The molecule has 0 radical (unpaired) electrons. The molecule has 0 aromatic heterocycles. The fourth-order valence-corrected chi connectivity index (χ4v) is 1.19. The summed E-state index contributed by atoms with van der Waals surface area (Å²) in [6, 6.07) is 6.98. The van der Waals surface area contributed by atoms with E-state index in [0.717, 1.165) is 11.4 Å². The summed E-state index contributed by atoms with van der Waals surface area (Å²) in [6.45, 7) is 0.981. The van der Waals surface area contributed by atoms with Crippen LogP contribution < -0.4 is 15.8 Å². The summed E-state index contributed by atoms with van der Waals surface area (Å²) in [5, 5.41) is 2.75. The van der Waals surface area contributed by atoms with E-state index in [1.807, 2.05) is 0 Å². The Morgan fingerprint density at radius 3 is 2.56 bits per heavy atom. The molecule has 0 aliphatic rings. The molecule has 3 N–H and O–H groups in total. The van der Waals surface area contributed by atoms with Gasteiger partial charge >= 0.3 is 6.03 Å². The lowest BCUT2D eigenvalue weighted by atomic mass is 10.3. The van der Waals surface area contributed by atoms with Crippen LogP contribution in [0.25, 0.3) is 0 Å². The number of likely N-dealkylation sites (N-methyl/N-ethyl adjacent to an activating group) is 1. The molecule has 0 saturated carbocycles. The fourth-order valence-electron chi connectivity index (χ4n) is 1.19. The largest absolute Gasteiger partial charge is 0.497 e. The van der Waals surface area contributed by atoms with Gasteiger partial charge in [0.05, 0.1) is 7.11 Å². The number of carbonyl (C=O) groups is 1. The number of ether oxygens (including phenoxy) is 1. The molecular formula is C11H17N3O2. The zero-order chi connectivity index (χ0) is 12.0. The molecule has 2 amide bonds. The molecule has 88 valence electrons. The first-order valence-electron chi connectivity index (χ1n) is 5.03. The Morgan fingerprint density at radius 1 is 1.44 bits per heavy atom. The lowest BCUT2D eigenvalue weighted by Gasteiger charge is -2.16. The molecule has 5 heteroatoms. The van der Waals surface area contributed by atoms with Gasteiger partial charge in [-0.05, 0) is 24.3 Å². The van der Waals surface area contributed by atoms with E-state index in [1.165, 1.54) is 4.90 Å². The van der Waals surface area contributed by atoms with Gasteiger partial charge in [-0.2, -0.15) is 0 Å². The van der Waals surface area contributed by atoms with Gasteiger partial charge in [0.25, 0.3) is 0 Å². The van der Waals surface area contributed by atoms with Crippen LogP contribution in [0.2, 0.25) is 0 Å². The molecule has 5 nitrogen and oxygen atoms in total. The van der Waals surface area contributed by atoms with Crippen molar-refractivity contribution in [1.29, 1.82) is 0 Å². The average molecular weight is 223 g/mol. The molecule has 16 heavy (non-hydrogen) atoms. The van der Waals surface area contributed by atoms with Gasteiger partial charge in [-0.3, -0.25) is 0 Å². The average Bonchev–Trinajstić information content (AvgIpc) is 2.30. The van der Waals surface area contributed by atoms with Crippen LogP contribution in [0.4, 0.5) is 10.5 Å². The van der Waals surface area contributed by atoms with Gasteiger partial charge in [0.1, 0.15) is 5.75 Å². The Labute approximate surface area is 95.2 Å². The maximum Gasteiger partial charge on any atom is 0.321 e. The second-order valence-electron chi connectivity index (χ2n) is 3.37. The van der Waals surface area contributed by atoms with Crippen molar-refractivity contribution in [3.05, 3.63) is 24.3 Å². The van der Waals surface area contributed by atoms with Gasteiger partial charge in [-0.1, -0.05) is 0 Å². The fraction of sp³-hybridized carbons (Fsp3) is 0.364. The predicted molar refractivity (Wildman–Crippen MR) is 63.7 cm³/mol. The number of amides is 2. The Balaban J connectivity index is 2.55. The predicted octanol–water partition coefficient (Wildman–Crippen LogP) is 1.12. The zero-order valence-corrected chi connectivity index (χ0v) is 9.56. The summed E-state index contributed by atoms with van der Waals surface area (Å²) in [4.78, 5) is 13.1. The standard InChI is InChI=1S/C11H17N3O2/c1-14(8-7-12)11(15)13-9-3-5-10(16-2)6-4-9/h3-6H,7-8,12H2,1-2H3,(H,13,15). The SMILES string of the molecule is COc1ccc(NC(=O)N(C)CCN)cc1. The molecule has 0 heterocycles. The normalized spacial score (nSPS) is 9.69. The molecule has 1 aromatic rings. The van der Waals surface area contributed by atoms with Crippen LogP contribution >= 0.6 is 0 Å². The number of rotatable bonds is 4. The maximum absolute atomic E-state index is 11.6. The van der Waals surface area contributed by atoms with Gasteiger partial charge in [0.2, 0.25) is 0 Å². The number of urea groups is 1. The lowest BCUT2D eigenvalue weighted by molar-refractivity contribution is 0.223. The van der Waals surface area contributed by atoms with Crippen LogP contribution in [0.15, 0.2) is 24.3 Å². The first kappa shape index (κ1) is 12.3. The van der Waals surface area contributed by atoms with E-state index in [1.54, 1.807) is 38.4 Å². The van der Waals surface area contributed by atoms with Crippen LogP contribution in [0.3, 0.4) is 0 Å². The van der Waals surface area contributed by atoms with Crippen molar-refractivity contribution < 1.29 is 9.53 Å². The smallest absolute Gasteiger partial charge is 0.321 e. The number of methoxy groups -OCH3 is 1. The molecule has 1 aromatic carbocycles. The molecular weight excluding hydrogens is 206 g/mol. The van der Waals surface area contributed by atoms with Crippen molar-refractivity contribution in [2.24, 2.45) is 5.73 Å². The number of nitrogens with one attached hydrogen (secondary N) is 1. The van der Waals surface area contributed by atoms with Crippen LogP contribution in [0.5, 0.6) is 5.75 Å². The van der Waals surface area contributed by atoms with Crippen molar-refractivity contribution in [3.8, 4) is 5.75 Å². The minimum Gasteiger partial charge on any atom is -0.497 e. The highest BCUT2D eigenvalue weighted by atomic mass is 16.5. The number of hydrogen-bond donors (Lipinski definition) is 2. The van der Waals surface area contributed by atoms with E-state index in [-0.39, 0.29) is 6.03 Å². The summed E-state index contributed by atoms with van der Waals surface area (Å²) in [5.41, 5.74) is 6.09. The molecule has 1 rings (SSSR count). The van der Waals surface area contributed by atoms with E-state index in [9.17, 15) is 4.79 Å². The minimum atomic E-state index is -0.171. The third-order valence-electron chi connectivity index (χ3n) is 2.15. The Kier molecular flexibility index (Phi) is 4.60. The van der Waals surface area contributed by atoms with Gasteiger partial charge in [-0.15, -0.1) is 0 Å². The number of hydrogen-bond acceptors (Lipinski definition) is 3. The summed E-state index contributed by atoms with van der Waals surface area (Å²) in [7, 11) is 3.30. The molecule has 0 aliphatic heterocycles. The van der Waals surface area contributed by atoms with Gasteiger partial charge < -0.3 is 20.7 Å². The number of anilines is 1. The monoisotopic (exact) mass is 223 g/mol. The van der Waals surface area contributed by atoms with E-state index in [4.69, 9.17) is 10.5 Å². The third kappa shape index (κ3) is 3.43.